The Morgan fingerprint density at radius 2 is 1.67 bits per heavy atom. The number of nitrogens with zero attached hydrogens (tertiary/aromatic N) is 1. The lowest BCUT2D eigenvalue weighted by Crippen LogP contribution is -2.60. The van der Waals surface area contributed by atoms with Crippen LogP contribution in [0.2, 0.25) is 0 Å². The van der Waals surface area contributed by atoms with Crippen molar-refractivity contribution in [3.63, 3.8) is 0 Å². The van der Waals surface area contributed by atoms with E-state index >= 15 is 0 Å². The lowest BCUT2D eigenvalue weighted by atomic mass is 9.53. The van der Waals surface area contributed by atoms with Crippen LogP contribution in [0, 0.1) is 17.8 Å². The quantitative estimate of drug-likeness (QED) is 0.247. The minimum atomic E-state index is -0.580. The largest absolute Gasteiger partial charge is 0.392 e. The smallest absolute Gasteiger partial charge is 0.319 e. The van der Waals surface area contributed by atoms with Gasteiger partial charge in [-0.1, -0.05) is 42.5 Å². The summed E-state index contributed by atoms with van der Waals surface area (Å²) in [6.07, 6.45) is 9.11. The number of aromatic nitrogens is 1. The van der Waals surface area contributed by atoms with Crippen molar-refractivity contribution >= 4 is 23.5 Å². The van der Waals surface area contributed by atoms with Gasteiger partial charge in [0.1, 0.15) is 0 Å². The van der Waals surface area contributed by atoms with Crippen LogP contribution in [0.4, 0.5) is 10.5 Å². The number of rotatable bonds is 8. The molecule has 1 aliphatic heterocycles. The second-order valence-electron chi connectivity index (χ2n) is 12.7. The first-order valence-electron chi connectivity index (χ1n) is 15.3. The molecule has 42 heavy (non-hydrogen) atoms. The number of aliphatic hydroxyl groups is 1. The maximum absolute atomic E-state index is 13.2. The number of nitrogens with one attached hydrogen (secondary N) is 2. The highest BCUT2D eigenvalue weighted by molar-refractivity contribution is 7.99. The minimum Gasteiger partial charge on any atom is -0.392 e. The molecule has 3 unspecified atom stereocenters. The molecular weight excluding hydrogens is 546 g/mol. The molecule has 220 valence electrons. The second-order valence-corrected chi connectivity index (χ2v) is 13.8. The zero-order valence-electron chi connectivity index (χ0n) is 23.8. The Morgan fingerprint density at radius 1 is 0.905 bits per heavy atom. The van der Waals surface area contributed by atoms with Gasteiger partial charge in [0.25, 0.3) is 0 Å². The van der Waals surface area contributed by atoms with Gasteiger partial charge in [-0.3, -0.25) is 0 Å². The number of benzene rings is 2. The molecule has 4 aliphatic carbocycles. The molecule has 3 atom stereocenters. The summed E-state index contributed by atoms with van der Waals surface area (Å²) in [5.74, 6) is 3.07. The van der Waals surface area contributed by atoms with Gasteiger partial charge in [0.05, 0.1) is 23.8 Å². The van der Waals surface area contributed by atoms with Gasteiger partial charge in [0.15, 0.2) is 6.29 Å². The Balaban J connectivity index is 1.05. The Hall–Kier alpha value is -2.91. The third kappa shape index (κ3) is 6.23. The summed E-state index contributed by atoms with van der Waals surface area (Å²) in [6.45, 7) is 0.0110. The fourth-order valence-corrected chi connectivity index (χ4v) is 8.94. The van der Waals surface area contributed by atoms with Crippen molar-refractivity contribution in [1.29, 1.82) is 0 Å². The van der Waals surface area contributed by atoms with E-state index in [2.05, 4.69) is 15.6 Å². The average Bonchev–Trinajstić information content (AvgIpc) is 2.99. The number of aliphatic hydroxyl groups excluding tert-OH is 1. The van der Waals surface area contributed by atoms with Crippen molar-refractivity contribution in [3.8, 4) is 0 Å². The molecule has 0 spiro atoms. The first kappa shape index (κ1) is 27.9. The number of urea groups is 1. The molecule has 7 nitrogen and oxygen atoms in total. The Bertz CT molecular complexity index is 1350. The number of ether oxygens (including phenoxy) is 2. The number of hydrogen-bond donors (Lipinski definition) is 3. The van der Waals surface area contributed by atoms with Crippen LogP contribution in [-0.2, 0) is 16.1 Å². The zero-order chi connectivity index (χ0) is 28.5. The molecule has 5 fully saturated rings. The monoisotopic (exact) mass is 585 g/mol. The fourth-order valence-electron chi connectivity index (χ4n) is 8.06. The molecule has 8 heteroatoms. The highest BCUT2D eigenvalue weighted by atomic mass is 32.2. The molecule has 4 saturated carbocycles. The van der Waals surface area contributed by atoms with E-state index in [0.717, 1.165) is 70.2 Å². The molecule has 2 heterocycles. The van der Waals surface area contributed by atoms with Gasteiger partial charge in [-0.05, 0) is 91.7 Å². The SMILES string of the molecule is O=C(Nc1cccc(C2OC(CSc3ccccn3)CC(c3ccc(CO)cc3)O2)c1)NC12CC3CC(CC(C3)C1)C2. The lowest BCUT2D eigenvalue weighted by Gasteiger charge is -2.56. The maximum Gasteiger partial charge on any atom is 0.319 e. The maximum atomic E-state index is 13.2. The Labute approximate surface area is 251 Å². The number of anilines is 1. The van der Waals surface area contributed by atoms with E-state index in [4.69, 9.17) is 9.47 Å². The van der Waals surface area contributed by atoms with Gasteiger partial charge in [0, 0.05) is 35.2 Å². The van der Waals surface area contributed by atoms with E-state index in [1.165, 1.54) is 19.3 Å². The molecule has 8 rings (SSSR count). The first-order valence-corrected chi connectivity index (χ1v) is 16.2. The standard InChI is InChI=1S/C34H39N3O4S/c38-20-22-7-9-26(10-8-22)30-16-29(21-42-31-6-1-2-11-35-31)40-32(41-30)27-4-3-5-28(15-27)36-33(39)37-34-17-23-12-24(18-34)14-25(13-23)19-34/h1-11,15,23-25,29-30,32,38H,12-14,16-21H2,(H2,36,37,39). The molecule has 0 radical (unpaired) electrons. The summed E-state index contributed by atoms with van der Waals surface area (Å²) in [7, 11) is 0. The second kappa shape index (κ2) is 12.0. The van der Waals surface area contributed by atoms with E-state index < -0.39 is 6.29 Å². The van der Waals surface area contributed by atoms with E-state index in [0.29, 0.717) is 6.42 Å². The molecule has 5 aliphatic rings. The van der Waals surface area contributed by atoms with E-state index in [-0.39, 0.29) is 30.4 Å². The predicted octanol–water partition coefficient (Wildman–Crippen LogP) is 7.00. The van der Waals surface area contributed by atoms with Crippen molar-refractivity contribution in [3.05, 3.63) is 89.6 Å². The van der Waals surface area contributed by atoms with E-state index in [1.54, 1.807) is 18.0 Å². The van der Waals surface area contributed by atoms with Crippen LogP contribution < -0.4 is 10.6 Å². The van der Waals surface area contributed by atoms with Crippen molar-refractivity contribution in [1.82, 2.24) is 10.3 Å². The Morgan fingerprint density at radius 3 is 2.36 bits per heavy atom. The van der Waals surface area contributed by atoms with Gasteiger partial charge in [0.2, 0.25) is 0 Å². The van der Waals surface area contributed by atoms with Gasteiger partial charge in [-0.25, -0.2) is 9.78 Å². The van der Waals surface area contributed by atoms with Gasteiger partial charge in [-0.2, -0.15) is 0 Å². The molecule has 1 aromatic heterocycles. The van der Waals surface area contributed by atoms with Crippen LogP contribution in [0.3, 0.4) is 0 Å². The van der Waals surface area contributed by atoms with Crippen LogP contribution >= 0.6 is 11.8 Å². The number of hydrogen-bond acceptors (Lipinski definition) is 6. The van der Waals surface area contributed by atoms with Crippen molar-refractivity contribution in [2.24, 2.45) is 17.8 Å². The van der Waals surface area contributed by atoms with Crippen LogP contribution in [0.15, 0.2) is 78.0 Å². The normalized spacial score (nSPS) is 31.5. The average molecular weight is 586 g/mol. The van der Waals surface area contributed by atoms with E-state index in [1.807, 2.05) is 66.7 Å². The topological polar surface area (TPSA) is 92.7 Å². The highest BCUT2D eigenvalue weighted by Gasteiger charge is 2.51. The summed E-state index contributed by atoms with van der Waals surface area (Å²) in [6, 6.07) is 21.5. The Kier molecular flexibility index (Phi) is 7.97. The minimum absolute atomic E-state index is 0.0110. The lowest BCUT2D eigenvalue weighted by molar-refractivity contribution is -0.245. The fraction of sp³-hybridized carbons (Fsp3) is 0.471. The van der Waals surface area contributed by atoms with Crippen LogP contribution in [0.5, 0.6) is 0 Å². The molecular formula is C34H39N3O4S. The number of carbonyl (C=O) groups is 1. The molecule has 2 amide bonds. The van der Waals surface area contributed by atoms with Gasteiger partial charge < -0.3 is 25.2 Å². The van der Waals surface area contributed by atoms with Crippen LogP contribution in [0.25, 0.3) is 0 Å². The number of pyridine rings is 1. The summed E-state index contributed by atoms with van der Waals surface area (Å²) in [5.41, 5.74) is 3.49. The van der Waals surface area contributed by atoms with Crippen LogP contribution in [-0.4, -0.2) is 33.5 Å². The molecule has 4 bridgehead atoms. The van der Waals surface area contributed by atoms with Gasteiger partial charge >= 0.3 is 6.03 Å². The van der Waals surface area contributed by atoms with Crippen molar-refractivity contribution < 1.29 is 19.4 Å². The number of thioether (sulfide) groups is 1. The highest BCUT2D eigenvalue weighted by Crippen LogP contribution is 2.55. The molecule has 1 saturated heterocycles. The molecule has 3 N–H and O–H groups in total. The summed E-state index contributed by atoms with van der Waals surface area (Å²) in [4.78, 5) is 17.7. The molecule has 3 aromatic rings. The summed E-state index contributed by atoms with van der Waals surface area (Å²) in [5, 5.41) is 17.0. The summed E-state index contributed by atoms with van der Waals surface area (Å²) < 4.78 is 13.0. The van der Waals surface area contributed by atoms with Crippen LogP contribution in [0.1, 0.15) is 74.0 Å². The third-order valence-corrected chi connectivity index (χ3v) is 10.6. The first-order chi connectivity index (χ1) is 20.5. The molecule has 2 aromatic carbocycles. The predicted molar refractivity (Wildman–Crippen MR) is 163 cm³/mol. The zero-order valence-corrected chi connectivity index (χ0v) is 24.6. The third-order valence-electron chi connectivity index (χ3n) is 9.50. The van der Waals surface area contributed by atoms with E-state index in [9.17, 15) is 9.90 Å². The number of amides is 2. The number of carbonyl (C=O) groups excluding carboxylic acids is 1. The van der Waals surface area contributed by atoms with Crippen molar-refractivity contribution in [2.45, 2.75) is 80.6 Å². The van der Waals surface area contributed by atoms with Crippen molar-refractivity contribution in [2.75, 3.05) is 11.1 Å². The van der Waals surface area contributed by atoms with Gasteiger partial charge in [-0.15, -0.1) is 11.8 Å². The summed E-state index contributed by atoms with van der Waals surface area (Å²) >= 11 is 1.68.